The Hall–Kier alpha value is -0.795. The molecule has 0 aliphatic carbocycles. The van der Waals surface area contributed by atoms with E-state index >= 15 is 0 Å². The van der Waals surface area contributed by atoms with Gasteiger partial charge in [0.05, 0.1) is 11.2 Å². The Kier molecular flexibility index (Phi) is 6.51. The zero-order valence-corrected chi connectivity index (χ0v) is 14.0. The topological polar surface area (TPSA) is 67.8 Å². The monoisotopic (exact) mass is 339 g/mol. The predicted molar refractivity (Wildman–Crippen MR) is 80.2 cm³/mol. The Bertz CT molecular complexity index is 393. The van der Waals surface area contributed by atoms with E-state index in [2.05, 4.69) is 33.0 Å². The maximum atomic E-state index is 10.6. The van der Waals surface area contributed by atoms with Crippen molar-refractivity contribution in [1.29, 1.82) is 0 Å². The molecule has 2 fully saturated rings. The van der Waals surface area contributed by atoms with E-state index in [1.807, 2.05) is 0 Å². The number of alkyl halides is 3. The summed E-state index contributed by atoms with van der Waals surface area (Å²) < 4.78 is 43.8. The van der Waals surface area contributed by atoms with Gasteiger partial charge in [-0.2, -0.15) is 13.2 Å². The van der Waals surface area contributed by atoms with E-state index in [0.29, 0.717) is 0 Å². The van der Waals surface area contributed by atoms with Crippen LogP contribution in [-0.4, -0.2) is 48.7 Å². The van der Waals surface area contributed by atoms with Gasteiger partial charge in [0.2, 0.25) is 0 Å². The zero-order chi connectivity index (χ0) is 17.9. The Morgan fingerprint density at radius 3 is 1.91 bits per heavy atom. The second-order valence-electron chi connectivity index (χ2n) is 6.92. The van der Waals surface area contributed by atoms with Crippen molar-refractivity contribution in [3.63, 3.8) is 0 Å². The summed E-state index contributed by atoms with van der Waals surface area (Å²) in [4.78, 5) is 8.90. The molecule has 9 heteroatoms. The van der Waals surface area contributed by atoms with Gasteiger partial charge in [-0.1, -0.05) is 0 Å². The molecule has 0 aromatic heterocycles. The Morgan fingerprint density at radius 1 is 1.17 bits per heavy atom. The molecule has 0 spiro atoms. The average molecular weight is 339 g/mol. The molecule has 2 aliphatic heterocycles. The molecule has 5 nitrogen and oxygen atoms in total. The summed E-state index contributed by atoms with van der Waals surface area (Å²) in [6.07, 6.45) is -1.53. The lowest BCUT2D eigenvalue weighted by atomic mass is 9.74. The molecule has 0 atom stereocenters. The molecule has 0 amide bonds. The van der Waals surface area contributed by atoms with E-state index in [-0.39, 0.29) is 18.3 Å². The third-order valence-corrected chi connectivity index (χ3v) is 4.53. The molecule has 2 heterocycles. The molecule has 23 heavy (non-hydrogen) atoms. The summed E-state index contributed by atoms with van der Waals surface area (Å²) in [5.41, 5.74) is -0.352. The summed E-state index contributed by atoms with van der Waals surface area (Å²) in [6, 6.07) is 0. The van der Waals surface area contributed by atoms with Crippen LogP contribution < -0.4 is 5.32 Å². The smallest absolute Gasteiger partial charge is 0.475 e. The van der Waals surface area contributed by atoms with Crippen LogP contribution in [0.15, 0.2) is 0 Å². The second-order valence-corrected chi connectivity index (χ2v) is 6.92. The Labute approximate surface area is 135 Å². The predicted octanol–water partition coefficient (Wildman–Crippen LogP) is 2.71. The Morgan fingerprint density at radius 2 is 1.57 bits per heavy atom. The van der Waals surface area contributed by atoms with E-state index < -0.39 is 12.1 Å². The van der Waals surface area contributed by atoms with Gasteiger partial charge in [0.25, 0.3) is 0 Å². The number of halogens is 3. The fourth-order valence-corrected chi connectivity index (χ4v) is 2.45. The lowest BCUT2D eigenvalue weighted by molar-refractivity contribution is -0.192. The molecule has 2 saturated heterocycles. The third-order valence-electron chi connectivity index (χ3n) is 4.53. The number of piperidine rings is 1. The van der Waals surface area contributed by atoms with Crippen molar-refractivity contribution in [2.45, 2.75) is 64.2 Å². The molecule has 2 N–H and O–H groups in total. The summed E-state index contributed by atoms with van der Waals surface area (Å²) in [6.45, 7) is 10.8. The van der Waals surface area contributed by atoms with E-state index in [1.165, 1.54) is 12.8 Å². The zero-order valence-electron chi connectivity index (χ0n) is 14.0. The number of hydrogen-bond acceptors (Lipinski definition) is 4. The lowest BCUT2D eigenvalue weighted by Crippen LogP contribution is -2.41. The van der Waals surface area contributed by atoms with Crippen LogP contribution in [0.5, 0.6) is 0 Å². The highest BCUT2D eigenvalue weighted by molar-refractivity contribution is 6.45. The van der Waals surface area contributed by atoms with Crippen molar-refractivity contribution < 1.29 is 32.4 Å². The standard InChI is InChI=1S/C12H24BNO2.C2HF3O2/c1-11(2)12(3,4)16-13(15-11)9-10-5-7-14-8-6-10;3-2(4,5)1(6)7/h10,14H,5-9H2,1-4H3;(H,6,7). The minimum absolute atomic E-state index is 0.00639. The number of carboxylic acids is 1. The molecule has 0 aromatic carbocycles. The minimum Gasteiger partial charge on any atom is -0.475 e. The van der Waals surface area contributed by atoms with Crippen molar-refractivity contribution in [3.8, 4) is 0 Å². The third kappa shape index (κ3) is 5.97. The normalized spacial score (nSPS) is 24.0. The quantitative estimate of drug-likeness (QED) is 0.757. The SMILES string of the molecule is CC1(C)OB(CC2CCNCC2)OC1(C)C.O=C(O)C(F)(F)F. The van der Waals surface area contributed by atoms with Gasteiger partial charge < -0.3 is 19.7 Å². The van der Waals surface area contributed by atoms with Gasteiger partial charge in [0.15, 0.2) is 0 Å². The number of hydrogen-bond donors (Lipinski definition) is 2. The van der Waals surface area contributed by atoms with Crippen LogP contribution in [-0.2, 0) is 14.1 Å². The first kappa shape index (κ1) is 20.2. The van der Waals surface area contributed by atoms with Crippen molar-refractivity contribution in [2.75, 3.05) is 13.1 Å². The fraction of sp³-hybridized carbons (Fsp3) is 0.929. The summed E-state index contributed by atoms with van der Waals surface area (Å²) in [5, 5.41) is 10.5. The van der Waals surface area contributed by atoms with Crippen molar-refractivity contribution in [3.05, 3.63) is 0 Å². The van der Waals surface area contributed by atoms with E-state index in [1.54, 1.807) is 0 Å². The number of rotatable bonds is 2. The minimum atomic E-state index is -5.08. The summed E-state index contributed by atoms with van der Waals surface area (Å²) in [5.74, 6) is -2.00. The molecule has 2 rings (SSSR count). The molecule has 0 aromatic rings. The van der Waals surface area contributed by atoms with Gasteiger partial charge in [0.1, 0.15) is 0 Å². The van der Waals surface area contributed by atoms with Gasteiger partial charge in [0, 0.05) is 0 Å². The van der Waals surface area contributed by atoms with E-state index in [0.717, 1.165) is 25.3 Å². The number of nitrogens with one attached hydrogen (secondary N) is 1. The number of carbonyl (C=O) groups is 1. The van der Waals surface area contributed by atoms with Crippen LogP contribution in [0.4, 0.5) is 13.2 Å². The van der Waals surface area contributed by atoms with Crippen LogP contribution >= 0.6 is 0 Å². The van der Waals surface area contributed by atoms with Gasteiger partial charge in [-0.25, -0.2) is 4.79 Å². The van der Waals surface area contributed by atoms with Crippen LogP contribution in [0.2, 0.25) is 6.32 Å². The van der Waals surface area contributed by atoms with Crippen LogP contribution in [0.1, 0.15) is 40.5 Å². The highest BCUT2D eigenvalue weighted by Crippen LogP contribution is 2.39. The van der Waals surface area contributed by atoms with Gasteiger partial charge in [-0.05, 0) is 65.9 Å². The molecule has 134 valence electrons. The fourth-order valence-electron chi connectivity index (χ4n) is 2.45. The highest BCUT2D eigenvalue weighted by atomic mass is 19.4. The van der Waals surface area contributed by atoms with E-state index in [4.69, 9.17) is 19.2 Å². The first-order valence-electron chi connectivity index (χ1n) is 7.71. The first-order valence-corrected chi connectivity index (χ1v) is 7.71. The van der Waals surface area contributed by atoms with Gasteiger partial charge in [-0.3, -0.25) is 0 Å². The van der Waals surface area contributed by atoms with Crippen molar-refractivity contribution >= 4 is 13.1 Å². The number of carboxylic acid groups (broad SMARTS) is 1. The molecule has 2 aliphatic rings. The molecule has 0 radical (unpaired) electrons. The summed E-state index contributed by atoms with van der Waals surface area (Å²) >= 11 is 0. The van der Waals surface area contributed by atoms with Crippen LogP contribution in [0.3, 0.4) is 0 Å². The van der Waals surface area contributed by atoms with Crippen LogP contribution in [0, 0.1) is 5.92 Å². The molecular formula is C14H25BF3NO4. The van der Waals surface area contributed by atoms with E-state index in [9.17, 15) is 13.2 Å². The maximum Gasteiger partial charge on any atom is 0.490 e. The van der Waals surface area contributed by atoms with Gasteiger partial charge in [-0.15, -0.1) is 0 Å². The van der Waals surface area contributed by atoms with Gasteiger partial charge >= 0.3 is 19.3 Å². The summed E-state index contributed by atoms with van der Waals surface area (Å²) in [7, 11) is -0.00639. The molecule has 0 unspecified atom stereocenters. The Balaban J connectivity index is 0.000000322. The maximum absolute atomic E-state index is 10.6. The largest absolute Gasteiger partial charge is 0.490 e. The first-order chi connectivity index (χ1) is 10.3. The second kappa shape index (κ2) is 7.40. The molecule has 0 bridgehead atoms. The van der Waals surface area contributed by atoms with Crippen molar-refractivity contribution in [2.24, 2.45) is 5.92 Å². The highest BCUT2D eigenvalue weighted by Gasteiger charge is 2.51. The molecule has 0 saturated carbocycles. The molecular weight excluding hydrogens is 314 g/mol. The van der Waals surface area contributed by atoms with Crippen molar-refractivity contribution in [1.82, 2.24) is 5.32 Å². The average Bonchev–Trinajstić information content (AvgIpc) is 2.57. The number of aliphatic carboxylic acids is 1. The van der Waals surface area contributed by atoms with Crippen LogP contribution in [0.25, 0.3) is 0 Å². The lowest BCUT2D eigenvalue weighted by Gasteiger charge is -2.32.